The lowest BCUT2D eigenvalue weighted by Crippen LogP contribution is -2.53. The van der Waals surface area contributed by atoms with Crippen molar-refractivity contribution in [1.82, 2.24) is 10.2 Å². The maximum Gasteiger partial charge on any atom is 0.225 e. The van der Waals surface area contributed by atoms with Gasteiger partial charge >= 0.3 is 0 Å². The third kappa shape index (κ3) is 5.59. The molecular weight excluding hydrogens is 387 g/mol. The minimum atomic E-state index is -0.0261. The van der Waals surface area contributed by atoms with Crippen molar-refractivity contribution in [2.75, 3.05) is 26.2 Å². The molecule has 0 atom stereocenters. The van der Waals surface area contributed by atoms with E-state index in [1.807, 2.05) is 30.3 Å². The van der Waals surface area contributed by atoms with E-state index >= 15 is 0 Å². The van der Waals surface area contributed by atoms with E-state index in [2.05, 4.69) is 10.2 Å². The molecule has 0 saturated carbocycles. The van der Waals surface area contributed by atoms with Gasteiger partial charge in [-0.15, -0.1) is 0 Å². The van der Waals surface area contributed by atoms with Gasteiger partial charge < -0.3 is 15.2 Å². The Morgan fingerprint density at radius 3 is 2.48 bits per heavy atom. The number of carbonyl (C=O) groups is 1. The second kappa shape index (κ2) is 9.42. The number of nitrogens with zero attached hydrogens (tertiary/aromatic N) is 1. The summed E-state index contributed by atoms with van der Waals surface area (Å²) in [6.45, 7) is 3.00. The quantitative estimate of drug-likeness (QED) is 0.704. The number of hydrogen-bond donors (Lipinski definition) is 2. The zero-order valence-corrected chi connectivity index (χ0v) is 16.3. The Morgan fingerprint density at radius 1 is 1.11 bits per heavy atom. The van der Waals surface area contributed by atoms with Gasteiger partial charge in [0.2, 0.25) is 5.91 Å². The maximum absolute atomic E-state index is 11.8. The average molecular weight is 409 g/mol. The summed E-state index contributed by atoms with van der Waals surface area (Å²) in [7, 11) is 0. The molecule has 144 valence electrons. The van der Waals surface area contributed by atoms with Crippen LogP contribution in [-0.4, -0.2) is 42.2 Å². The molecule has 1 saturated heterocycles. The molecule has 2 aromatic rings. The Bertz CT molecular complexity index is 777. The highest BCUT2D eigenvalue weighted by atomic mass is 35.5. The van der Waals surface area contributed by atoms with Crippen LogP contribution in [0, 0.1) is 5.92 Å². The summed E-state index contributed by atoms with van der Waals surface area (Å²) in [5.74, 6) is 0.825. The van der Waals surface area contributed by atoms with Gasteiger partial charge in [0.05, 0.1) is 22.6 Å². The predicted octanol–water partition coefficient (Wildman–Crippen LogP) is 3.11. The molecule has 0 spiro atoms. The van der Waals surface area contributed by atoms with E-state index in [-0.39, 0.29) is 18.4 Å². The lowest BCUT2D eigenvalue weighted by atomic mass is 9.98. The molecule has 0 bridgehead atoms. The molecule has 2 N–H and O–H groups in total. The summed E-state index contributed by atoms with van der Waals surface area (Å²) < 4.78 is 5.78. The van der Waals surface area contributed by atoms with Crippen molar-refractivity contribution < 1.29 is 14.6 Å². The first kappa shape index (κ1) is 20.0. The maximum atomic E-state index is 11.8. The molecule has 1 amide bonds. The number of hydrogen-bond acceptors (Lipinski definition) is 4. The standard InChI is InChI=1S/C20H22Cl2N2O3/c21-18-6-3-15(9-19(18)22)13-27-17-4-1-14(2-5-17)10-24-11-16(12-24)20(26)23-7-8-25/h1-6,9,16,25H,7-8,10-13H2,(H,23,26). The number of aliphatic hydroxyl groups is 1. The van der Waals surface area contributed by atoms with Crippen LogP contribution in [0.2, 0.25) is 10.0 Å². The summed E-state index contributed by atoms with van der Waals surface area (Å²) in [5, 5.41) is 12.5. The van der Waals surface area contributed by atoms with Crippen molar-refractivity contribution in [1.29, 1.82) is 0 Å². The Hall–Kier alpha value is -1.79. The number of ether oxygens (including phenoxy) is 1. The summed E-state index contributed by atoms with van der Waals surface area (Å²) in [5.41, 5.74) is 2.13. The lowest BCUT2D eigenvalue weighted by Gasteiger charge is -2.38. The molecule has 0 aromatic heterocycles. The number of nitrogens with one attached hydrogen (secondary N) is 1. The molecule has 1 fully saturated rings. The predicted molar refractivity (Wildman–Crippen MR) is 106 cm³/mol. The van der Waals surface area contributed by atoms with Gasteiger partial charge in [-0.25, -0.2) is 0 Å². The van der Waals surface area contributed by atoms with Crippen LogP contribution < -0.4 is 10.1 Å². The monoisotopic (exact) mass is 408 g/mol. The minimum Gasteiger partial charge on any atom is -0.489 e. The number of halogens is 2. The molecular formula is C20H22Cl2N2O3. The fraction of sp³-hybridized carbons (Fsp3) is 0.350. The second-order valence-electron chi connectivity index (χ2n) is 6.59. The number of aliphatic hydroxyl groups excluding tert-OH is 1. The Balaban J connectivity index is 1.43. The number of amides is 1. The van der Waals surface area contributed by atoms with E-state index in [1.54, 1.807) is 12.1 Å². The van der Waals surface area contributed by atoms with Crippen LogP contribution in [0.3, 0.4) is 0 Å². The molecule has 1 heterocycles. The van der Waals surface area contributed by atoms with Crippen LogP contribution in [0.5, 0.6) is 5.75 Å². The van der Waals surface area contributed by atoms with E-state index in [0.717, 1.165) is 30.9 Å². The van der Waals surface area contributed by atoms with Gasteiger partial charge in [-0.05, 0) is 35.4 Å². The van der Waals surface area contributed by atoms with Crippen LogP contribution in [0.25, 0.3) is 0 Å². The largest absolute Gasteiger partial charge is 0.489 e. The van der Waals surface area contributed by atoms with Gasteiger partial charge in [0.15, 0.2) is 0 Å². The smallest absolute Gasteiger partial charge is 0.225 e. The molecule has 1 aliphatic rings. The molecule has 3 rings (SSSR count). The molecule has 0 unspecified atom stereocenters. The molecule has 5 nitrogen and oxygen atoms in total. The summed E-state index contributed by atoms with van der Waals surface area (Å²) in [6, 6.07) is 13.4. The Labute approximate surface area is 168 Å². The van der Waals surface area contributed by atoms with Gasteiger partial charge in [-0.2, -0.15) is 0 Å². The van der Waals surface area contributed by atoms with E-state index in [4.69, 9.17) is 33.0 Å². The SMILES string of the molecule is O=C(NCCO)C1CN(Cc2ccc(OCc3ccc(Cl)c(Cl)c3)cc2)C1. The minimum absolute atomic E-state index is 0.0188. The van der Waals surface area contributed by atoms with Crippen molar-refractivity contribution in [3.63, 3.8) is 0 Å². The first-order chi connectivity index (χ1) is 13.0. The van der Waals surface area contributed by atoms with Crippen molar-refractivity contribution in [3.05, 3.63) is 63.6 Å². The third-order valence-electron chi connectivity index (χ3n) is 4.46. The van der Waals surface area contributed by atoms with Gasteiger partial charge in [0.25, 0.3) is 0 Å². The van der Waals surface area contributed by atoms with Crippen molar-refractivity contribution in [2.45, 2.75) is 13.2 Å². The summed E-state index contributed by atoms with van der Waals surface area (Å²) >= 11 is 11.9. The third-order valence-corrected chi connectivity index (χ3v) is 5.20. The van der Waals surface area contributed by atoms with Crippen molar-refractivity contribution in [2.24, 2.45) is 5.92 Å². The van der Waals surface area contributed by atoms with E-state index < -0.39 is 0 Å². The molecule has 2 aromatic carbocycles. The number of benzene rings is 2. The van der Waals surface area contributed by atoms with Crippen LogP contribution in [0.4, 0.5) is 0 Å². The van der Waals surface area contributed by atoms with Gasteiger partial charge in [0.1, 0.15) is 12.4 Å². The number of carbonyl (C=O) groups excluding carboxylic acids is 1. The first-order valence-corrected chi connectivity index (χ1v) is 9.57. The van der Waals surface area contributed by atoms with Crippen molar-refractivity contribution in [3.8, 4) is 5.75 Å². The van der Waals surface area contributed by atoms with Crippen LogP contribution >= 0.6 is 23.2 Å². The first-order valence-electron chi connectivity index (χ1n) is 8.82. The van der Waals surface area contributed by atoms with E-state index in [9.17, 15) is 4.79 Å². The zero-order valence-electron chi connectivity index (χ0n) is 14.8. The Kier molecular flexibility index (Phi) is 6.96. The summed E-state index contributed by atoms with van der Waals surface area (Å²) in [6.07, 6.45) is 0. The normalized spacial score (nSPS) is 14.6. The molecule has 0 aliphatic carbocycles. The molecule has 27 heavy (non-hydrogen) atoms. The molecule has 1 aliphatic heterocycles. The van der Waals surface area contributed by atoms with Crippen molar-refractivity contribution >= 4 is 29.1 Å². The highest BCUT2D eigenvalue weighted by molar-refractivity contribution is 6.42. The fourth-order valence-electron chi connectivity index (χ4n) is 2.93. The van der Waals surface area contributed by atoms with Crippen LogP contribution in [0.1, 0.15) is 11.1 Å². The number of likely N-dealkylation sites (tertiary alicyclic amines) is 1. The lowest BCUT2D eigenvalue weighted by molar-refractivity contribution is -0.130. The Morgan fingerprint density at radius 2 is 1.81 bits per heavy atom. The van der Waals surface area contributed by atoms with Gasteiger partial charge in [-0.1, -0.05) is 41.4 Å². The highest BCUT2D eigenvalue weighted by Crippen LogP contribution is 2.24. The zero-order chi connectivity index (χ0) is 19.2. The van der Waals surface area contributed by atoms with Gasteiger partial charge in [-0.3, -0.25) is 9.69 Å². The van der Waals surface area contributed by atoms with E-state index in [0.29, 0.717) is 23.2 Å². The topological polar surface area (TPSA) is 61.8 Å². The van der Waals surface area contributed by atoms with Gasteiger partial charge in [0, 0.05) is 26.2 Å². The fourth-order valence-corrected chi connectivity index (χ4v) is 3.25. The second-order valence-corrected chi connectivity index (χ2v) is 7.40. The highest BCUT2D eigenvalue weighted by Gasteiger charge is 2.32. The summed E-state index contributed by atoms with van der Waals surface area (Å²) in [4.78, 5) is 14.0. The van der Waals surface area contributed by atoms with Crippen LogP contribution in [-0.2, 0) is 17.9 Å². The van der Waals surface area contributed by atoms with E-state index in [1.165, 1.54) is 5.56 Å². The molecule has 7 heteroatoms. The molecule has 0 radical (unpaired) electrons. The van der Waals surface area contributed by atoms with Crippen LogP contribution in [0.15, 0.2) is 42.5 Å². The number of rotatable bonds is 8. The average Bonchev–Trinajstić information content (AvgIpc) is 2.64.